The summed E-state index contributed by atoms with van der Waals surface area (Å²) in [5, 5.41) is 13.1. The summed E-state index contributed by atoms with van der Waals surface area (Å²) in [5.41, 5.74) is 2.17. The lowest BCUT2D eigenvalue weighted by atomic mass is 10.2. The summed E-state index contributed by atoms with van der Waals surface area (Å²) in [6.07, 6.45) is 0. The number of phenolic OH excluding ortho intramolecular Hbond substituents is 1. The van der Waals surface area contributed by atoms with Crippen LogP contribution in [0.5, 0.6) is 5.75 Å². The van der Waals surface area contributed by atoms with E-state index in [1.165, 1.54) is 0 Å². The summed E-state index contributed by atoms with van der Waals surface area (Å²) in [5.74, 6) is -0.0955. The van der Waals surface area contributed by atoms with E-state index in [0.29, 0.717) is 23.2 Å². The number of carbonyl (C=O) groups excluding carboxylic acids is 1. The predicted octanol–water partition coefficient (Wildman–Crippen LogP) is 3.94. The second kappa shape index (κ2) is 7.13. The van der Waals surface area contributed by atoms with Gasteiger partial charge in [-0.05, 0) is 53.2 Å². The SMILES string of the molecule is CCOC(=O)c1ccc(NCc2cccc(Br)c2O)cc1. The van der Waals surface area contributed by atoms with E-state index in [2.05, 4.69) is 21.2 Å². The van der Waals surface area contributed by atoms with Gasteiger partial charge in [0.15, 0.2) is 0 Å². The van der Waals surface area contributed by atoms with Crippen LogP contribution < -0.4 is 5.32 Å². The molecular weight excluding hydrogens is 334 g/mol. The fourth-order valence-electron chi connectivity index (χ4n) is 1.84. The Hall–Kier alpha value is -2.01. The van der Waals surface area contributed by atoms with Crippen molar-refractivity contribution in [2.24, 2.45) is 0 Å². The Morgan fingerprint density at radius 3 is 2.62 bits per heavy atom. The highest BCUT2D eigenvalue weighted by Crippen LogP contribution is 2.27. The number of rotatable bonds is 5. The topological polar surface area (TPSA) is 58.6 Å². The Bertz CT molecular complexity index is 626. The van der Waals surface area contributed by atoms with Crippen LogP contribution in [0.1, 0.15) is 22.8 Å². The monoisotopic (exact) mass is 349 g/mol. The van der Waals surface area contributed by atoms with Gasteiger partial charge in [0.1, 0.15) is 5.75 Å². The fourth-order valence-corrected chi connectivity index (χ4v) is 2.25. The van der Waals surface area contributed by atoms with Gasteiger partial charge < -0.3 is 15.2 Å². The van der Waals surface area contributed by atoms with Crippen molar-refractivity contribution in [1.29, 1.82) is 0 Å². The van der Waals surface area contributed by atoms with E-state index in [1.807, 2.05) is 12.1 Å². The lowest BCUT2D eigenvalue weighted by Gasteiger charge is -2.09. The minimum Gasteiger partial charge on any atom is -0.506 e. The van der Waals surface area contributed by atoms with Crippen LogP contribution in [0.2, 0.25) is 0 Å². The lowest BCUT2D eigenvalue weighted by molar-refractivity contribution is 0.0526. The third-order valence-electron chi connectivity index (χ3n) is 2.95. The molecule has 0 unspecified atom stereocenters. The molecule has 2 aromatic carbocycles. The first-order valence-electron chi connectivity index (χ1n) is 6.59. The van der Waals surface area contributed by atoms with Gasteiger partial charge in [-0.3, -0.25) is 0 Å². The molecule has 0 saturated carbocycles. The van der Waals surface area contributed by atoms with Gasteiger partial charge in [-0.25, -0.2) is 4.79 Å². The van der Waals surface area contributed by atoms with E-state index in [1.54, 1.807) is 37.3 Å². The summed E-state index contributed by atoms with van der Waals surface area (Å²) in [7, 11) is 0. The molecule has 0 spiro atoms. The Morgan fingerprint density at radius 1 is 1.24 bits per heavy atom. The molecule has 0 aromatic heterocycles. The largest absolute Gasteiger partial charge is 0.506 e. The Labute approximate surface area is 131 Å². The minimum absolute atomic E-state index is 0.230. The molecule has 0 heterocycles. The second-order valence-electron chi connectivity index (χ2n) is 4.40. The van der Waals surface area contributed by atoms with Gasteiger partial charge in [-0.15, -0.1) is 0 Å². The highest BCUT2D eigenvalue weighted by atomic mass is 79.9. The smallest absolute Gasteiger partial charge is 0.338 e. The number of hydrogen-bond acceptors (Lipinski definition) is 4. The van der Waals surface area contributed by atoms with Crippen LogP contribution in [0, 0.1) is 0 Å². The van der Waals surface area contributed by atoms with E-state index in [-0.39, 0.29) is 11.7 Å². The Kier molecular flexibility index (Phi) is 5.22. The van der Waals surface area contributed by atoms with E-state index < -0.39 is 0 Å². The molecule has 0 radical (unpaired) electrons. The van der Waals surface area contributed by atoms with E-state index in [4.69, 9.17) is 4.74 Å². The minimum atomic E-state index is -0.325. The molecule has 0 aliphatic carbocycles. The fraction of sp³-hybridized carbons (Fsp3) is 0.188. The van der Waals surface area contributed by atoms with Crippen LogP contribution in [0.3, 0.4) is 0 Å². The number of benzene rings is 2. The molecule has 2 aromatic rings. The number of nitrogens with one attached hydrogen (secondary N) is 1. The zero-order chi connectivity index (χ0) is 15.2. The van der Waals surface area contributed by atoms with E-state index in [9.17, 15) is 9.90 Å². The third-order valence-corrected chi connectivity index (χ3v) is 3.59. The number of phenols is 1. The number of aromatic hydroxyl groups is 1. The molecule has 0 atom stereocenters. The van der Waals surface area contributed by atoms with Gasteiger partial charge in [0, 0.05) is 17.8 Å². The molecule has 0 amide bonds. The van der Waals surface area contributed by atoms with Crippen LogP contribution in [-0.4, -0.2) is 17.7 Å². The number of ether oxygens (including phenoxy) is 1. The molecule has 5 heteroatoms. The average molecular weight is 350 g/mol. The standard InChI is InChI=1S/C16H16BrNO3/c1-2-21-16(20)11-6-8-13(9-7-11)18-10-12-4-3-5-14(17)15(12)19/h3-9,18-19H,2,10H2,1H3. The van der Waals surface area contributed by atoms with Crippen molar-refractivity contribution in [3.8, 4) is 5.75 Å². The quantitative estimate of drug-likeness (QED) is 0.802. The highest BCUT2D eigenvalue weighted by molar-refractivity contribution is 9.10. The predicted molar refractivity (Wildman–Crippen MR) is 85.5 cm³/mol. The number of para-hydroxylation sites is 1. The number of hydrogen-bond donors (Lipinski definition) is 2. The molecule has 0 saturated heterocycles. The first-order valence-corrected chi connectivity index (χ1v) is 7.38. The van der Waals surface area contributed by atoms with Gasteiger partial charge in [0.25, 0.3) is 0 Å². The van der Waals surface area contributed by atoms with Crippen molar-refractivity contribution >= 4 is 27.6 Å². The number of anilines is 1. The van der Waals surface area contributed by atoms with E-state index >= 15 is 0 Å². The number of halogens is 1. The maximum Gasteiger partial charge on any atom is 0.338 e. The number of carbonyl (C=O) groups is 1. The van der Waals surface area contributed by atoms with Crippen molar-refractivity contribution in [2.45, 2.75) is 13.5 Å². The van der Waals surface area contributed by atoms with Gasteiger partial charge in [-0.2, -0.15) is 0 Å². The van der Waals surface area contributed by atoms with Gasteiger partial charge in [-0.1, -0.05) is 12.1 Å². The molecule has 0 aliphatic heterocycles. The highest BCUT2D eigenvalue weighted by Gasteiger charge is 2.07. The maximum absolute atomic E-state index is 11.5. The van der Waals surface area contributed by atoms with E-state index in [0.717, 1.165) is 11.3 Å². The second-order valence-corrected chi connectivity index (χ2v) is 5.25. The molecule has 0 aliphatic rings. The van der Waals surface area contributed by atoms with Crippen LogP contribution in [0.4, 0.5) is 5.69 Å². The van der Waals surface area contributed by atoms with Crippen molar-refractivity contribution in [2.75, 3.05) is 11.9 Å². The molecular formula is C16H16BrNO3. The average Bonchev–Trinajstić information content (AvgIpc) is 2.49. The van der Waals surface area contributed by atoms with Crippen molar-refractivity contribution in [3.63, 3.8) is 0 Å². The number of esters is 1. The Balaban J connectivity index is 2.01. The van der Waals surface area contributed by atoms with Gasteiger partial charge in [0.05, 0.1) is 16.6 Å². The summed E-state index contributed by atoms with van der Waals surface area (Å²) < 4.78 is 5.59. The summed E-state index contributed by atoms with van der Waals surface area (Å²) in [6.45, 7) is 2.63. The maximum atomic E-state index is 11.5. The first-order chi connectivity index (χ1) is 10.1. The van der Waals surface area contributed by atoms with Crippen LogP contribution in [-0.2, 0) is 11.3 Å². The molecule has 110 valence electrons. The van der Waals surface area contributed by atoms with Gasteiger partial charge in [0.2, 0.25) is 0 Å². The summed E-state index contributed by atoms with van der Waals surface area (Å²) >= 11 is 3.28. The molecule has 4 nitrogen and oxygen atoms in total. The van der Waals surface area contributed by atoms with Crippen LogP contribution in [0.25, 0.3) is 0 Å². The van der Waals surface area contributed by atoms with Crippen LogP contribution in [0.15, 0.2) is 46.9 Å². The Morgan fingerprint density at radius 2 is 1.95 bits per heavy atom. The summed E-state index contributed by atoms with van der Waals surface area (Å²) in [6, 6.07) is 12.5. The zero-order valence-corrected chi connectivity index (χ0v) is 13.2. The molecule has 0 fully saturated rings. The first kappa shape index (κ1) is 15.4. The summed E-state index contributed by atoms with van der Waals surface area (Å²) in [4.78, 5) is 11.5. The van der Waals surface area contributed by atoms with Crippen molar-refractivity contribution < 1.29 is 14.6 Å². The molecule has 2 rings (SSSR count). The van der Waals surface area contributed by atoms with Crippen molar-refractivity contribution in [1.82, 2.24) is 0 Å². The normalized spacial score (nSPS) is 10.2. The van der Waals surface area contributed by atoms with Gasteiger partial charge >= 0.3 is 5.97 Å². The third kappa shape index (κ3) is 3.98. The molecule has 21 heavy (non-hydrogen) atoms. The zero-order valence-electron chi connectivity index (χ0n) is 11.6. The molecule has 2 N–H and O–H groups in total. The van der Waals surface area contributed by atoms with Crippen LogP contribution >= 0.6 is 15.9 Å². The van der Waals surface area contributed by atoms with Crippen molar-refractivity contribution in [3.05, 3.63) is 58.1 Å². The molecule has 0 bridgehead atoms. The lowest BCUT2D eigenvalue weighted by Crippen LogP contribution is -2.05.